The number of nitrogens with one attached hydrogen (secondary N) is 1. The van der Waals surface area contributed by atoms with E-state index in [1.807, 2.05) is 0 Å². The second kappa shape index (κ2) is 3.79. The van der Waals surface area contributed by atoms with Gasteiger partial charge in [-0.2, -0.15) is 0 Å². The summed E-state index contributed by atoms with van der Waals surface area (Å²) in [4.78, 5) is 13.8. The summed E-state index contributed by atoms with van der Waals surface area (Å²) >= 11 is 0. The van der Waals surface area contributed by atoms with E-state index >= 15 is 0 Å². The molecule has 0 aromatic rings. The Hall–Kier alpha value is -0.730. The number of amides is 2. The van der Waals surface area contributed by atoms with Gasteiger partial charge in [-0.25, -0.2) is 4.79 Å². The van der Waals surface area contributed by atoms with Crippen LogP contribution >= 0.6 is 0 Å². The van der Waals surface area contributed by atoms with Gasteiger partial charge in [-0.3, -0.25) is 0 Å². The van der Waals surface area contributed by atoms with Crippen LogP contribution in [0, 0.1) is 0 Å². The Kier molecular flexibility index (Phi) is 2.66. The summed E-state index contributed by atoms with van der Waals surface area (Å²) in [6, 6.07) is 0.153. The Balaban J connectivity index is 2.06. The Morgan fingerprint density at radius 1 is 1.21 bits per heavy atom. The molecule has 0 unspecified atom stereocenters. The van der Waals surface area contributed by atoms with Crippen LogP contribution in [0.2, 0.25) is 0 Å². The average Bonchev–Trinajstić information content (AvgIpc) is 2.19. The highest BCUT2D eigenvalue weighted by molar-refractivity contribution is 5.75. The van der Waals surface area contributed by atoms with Crippen LogP contribution in [0.15, 0.2) is 0 Å². The van der Waals surface area contributed by atoms with Gasteiger partial charge in [0.05, 0.1) is 0 Å². The number of carbonyl (C=O) groups is 1. The first-order valence-electron chi connectivity index (χ1n) is 5.78. The molecule has 3 nitrogen and oxygen atoms in total. The van der Waals surface area contributed by atoms with Crippen LogP contribution in [-0.2, 0) is 0 Å². The molecule has 0 spiro atoms. The molecule has 1 aliphatic heterocycles. The van der Waals surface area contributed by atoms with Gasteiger partial charge in [0.25, 0.3) is 0 Å². The fraction of sp³-hybridized carbons (Fsp3) is 0.909. The highest BCUT2D eigenvalue weighted by Crippen LogP contribution is 2.33. The zero-order valence-corrected chi connectivity index (χ0v) is 9.01. The minimum atomic E-state index is 0.142. The topological polar surface area (TPSA) is 32.3 Å². The quantitative estimate of drug-likeness (QED) is 0.684. The molecule has 1 heterocycles. The van der Waals surface area contributed by atoms with Crippen molar-refractivity contribution in [3.8, 4) is 0 Å². The summed E-state index contributed by atoms with van der Waals surface area (Å²) in [6.07, 6.45) is 7.35. The van der Waals surface area contributed by atoms with Crippen LogP contribution in [0.5, 0.6) is 0 Å². The fourth-order valence-corrected chi connectivity index (χ4v) is 2.73. The summed E-state index contributed by atoms with van der Waals surface area (Å²) in [6.45, 7) is 4.05. The highest BCUT2D eigenvalue weighted by Gasteiger charge is 2.37. The van der Waals surface area contributed by atoms with E-state index in [4.69, 9.17) is 0 Å². The number of rotatable bonds is 1. The van der Waals surface area contributed by atoms with Crippen LogP contribution in [0.1, 0.15) is 45.4 Å². The number of nitrogens with zero attached hydrogens (tertiary/aromatic N) is 1. The molecule has 3 heteroatoms. The number of hydrogen-bond acceptors (Lipinski definition) is 1. The van der Waals surface area contributed by atoms with Gasteiger partial charge in [-0.05, 0) is 26.2 Å². The van der Waals surface area contributed by atoms with Gasteiger partial charge in [0.2, 0.25) is 0 Å². The van der Waals surface area contributed by atoms with Crippen molar-refractivity contribution < 1.29 is 4.79 Å². The molecule has 1 saturated carbocycles. The monoisotopic (exact) mass is 196 g/mol. The van der Waals surface area contributed by atoms with E-state index in [-0.39, 0.29) is 11.6 Å². The molecule has 2 rings (SSSR count). The number of hydrogen-bond donors (Lipinski definition) is 1. The minimum Gasteiger partial charge on any atom is -0.338 e. The molecule has 0 radical (unpaired) electrons. The molecule has 1 N–H and O–H groups in total. The van der Waals surface area contributed by atoms with E-state index in [9.17, 15) is 4.79 Å². The average molecular weight is 196 g/mol. The van der Waals surface area contributed by atoms with E-state index in [1.54, 1.807) is 0 Å². The Bertz CT molecular complexity index is 221. The van der Waals surface area contributed by atoms with Crippen molar-refractivity contribution in [2.75, 3.05) is 13.1 Å². The van der Waals surface area contributed by atoms with Crippen LogP contribution in [0.3, 0.4) is 0 Å². The van der Waals surface area contributed by atoms with Crippen molar-refractivity contribution in [1.82, 2.24) is 10.2 Å². The first kappa shape index (κ1) is 9.81. The second-order valence-corrected chi connectivity index (χ2v) is 4.79. The Morgan fingerprint density at radius 3 is 2.57 bits per heavy atom. The van der Waals surface area contributed by atoms with E-state index in [0.29, 0.717) is 0 Å². The van der Waals surface area contributed by atoms with Gasteiger partial charge < -0.3 is 10.2 Å². The van der Waals surface area contributed by atoms with Gasteiger partial charge in [-0.15, -0.1) is 0 Å². The molecule has 1 saturated heterocycles. The lowest BCUT2D eigenvalue weighted by Crippen LogP contribution is -2.57. The minimum absolute atomic E-state index is 0.142. The summed E-state index contributed by atoms with van der Waals surface area (Å²) in [5.41, 5.74) is 0.142. The third-order valence-electron chi connectivity index (χ3n) is 3.66. The molecular weight excluding hydrogens is 176 g/mol. The molecule has 80 valence electrons. The lowest BCUT2D eigenvalue weighted by Gasteiger charge is -2.45. The first-order chi connectivity index (χ1) is 6.72. The standard InChI is InChI=1S/C11H20N2O/c1-11(6-3-2-4-7-11)13-9-5-8-12-10(13)14/h2-9H2,1H3,(H,12,14). The second-order valence-electron chi connectivity index (χ2n) is 4.79. The first-order valence-corrected chi connectivity index (χ1v) is 5.78. The maximum absolute atomic E-state index is 11.7. The van der Waals surface area contributed by atoms with Gasteiger partial charge in [-0.1, -0.05) is 19.3 Å². The zero-order valence-electron chi connectivity index (χ0n) is 9.01. The lowest BCUT2D eigenvalue weighted by atomic mass is 9.81. The maximum Gasteiger partial charge on any atom is 0.317 e. The SMILES string of the molecule is CC1(N2CCCNC2=O)CCCCC1. The van der Waals surface area contributed by atoms with Gasteiger partial charge >= 0.3 is 6.03 Å². The number of urea groups is 1. The predicted octanol–water partition coefficient (Wildman–Crippen LogP) is 2.12. The van der Waals surface area contributed by atoms with Crippen molar-refractivity contribution in [1.29, 1.82) is 0 Å². The highest BCUT2D eigenvalue weighted by atomic mass is 16.2. The van der Waals surface area contributed by atoms with Crippen LogP contribution in [-0.4, -0.2) is 29.6 Å². The molecule has 2 aliphatic rings. The molecular formula is C11H20N2O. The predicted molar refractivity (Wildman–Crippen MR) is 56.2 cm³/mol. The van der Waals surface area contributed by atoms with Crippen molar-refractivity contribution in [2.24, 2.45) is 0 Å². The van der Waals surface area contributed by atoms with E-state index < -0.39 is 0 Å². The normalized spacial score (nSPS) is 27.2. The van der Waals surface area contributed by atoms with Gasteiger partial charge in [0.1, 0.15) is 0 Å². The van der Waals surface area contributed by atoms with Gasteiger partial charge in [0, 0.05) is 18.6 Å². The maximum atomic E-state index is 11.7. The van der Waals surface area contributed by atoms with Crippen molar-refractivity contribution in [2.45, 2.75) is 51.0 Å². The molecule has 0 atom stereocenters. The van der Waals surface area contributed by atoms with E-state index in [2.05, 4.69) is 17.1 Å². The molecule has 2 fully saturated rings. The fourth-order valence-electron chi connectivity index (χ4n) is 2.73. The van der Waals surface area contributed by atoms with Gasteiger partial charge in [0.15, 0.2) is 0 Å². The third-order valence-corrected chi connectivity index (χ3v) is 3.66. The lowest BCUT2D eigenvalue weighted by molar-refractivity contribution is 0.0813. The summed E-state index contributed by atoms with van der Waals surface area (Å²) in [5, 5.41) is 2.94. The molecule has 0 bridgehead atoms. The Morgan fingerprint density at radius 2 is 1.93 bits per heavy atom. The Labute approximate surface area is 85.8 Å². The van der Waals surface area contributed by atoms with Crippen molar-refractivity contribution >= 4 is 6.03 Å². The zero-order chi connectivity index (χ0) is 10.0. The molecule has 1 aliphatic carbocycles. The summed E-state index contributed by atoms with van der Waals surface area (Å²) in [7, 11) is 0. The van der Waals surface area contributed by atoms with E-state index in [0.717, 1.165) is 19.5 Å². The molecule has 0 aromatic carbocycles. The van der Waals surface area contributed by atoms with E-state index in [1.165, 1.54) is 32.1 Å². The summed E-state index contributed by atoms with van der Waals surface area (Å²) < 4.78 is 0. The molecule has 14 heavy (non-hydrogen) atoms. The van der Waals surface area contributed by atoms with Crippen molar-refractivity contribution in [3.05, 3.63) is 0 Å². The third kappa shape index (κ3) is 1.72. The van der Waals surface area contributed by atoms with Crippen LogP contribution < -0.4 is 5.32 Å². The number of carbonyl (C=O) groups excluding carboxylic acids is 1. The van der Waals surface area contributed by atoms with Crippen LogP contribution in [0.25, 0.3) is 0 Å². The largest absolute Gasteiger partial charge is 0.338 e. The molecule has 2 amide bonds. The van der Waals surface area contributed by atoms with Crippen LogP contribution in [0.4, 0.5) is 4.79 Å². The summed E-state index contributed by atoms with van der Waals surface area (Å²) in [5.74, 6) is 0. The smallest absolute Gasteiger partial charge is 0.317 e. The van der Waals surface area contributed by atoms with Crippen molar-refractivity contribution in [3.63, 3.8) is 0 Å². The molecule has 0 aromatic heterocycles.